The van der Waals surface area contributed by atoms with Gasteiger partial charge in [0.25, 0.3) is 0 Å². The molecule has 1 N–H and O–H groups in total. The predicted octanol–water partition coefficient (Wildman–Crippen LogP) is 3.45. The smallest absolute Gasteiger partial charge is 0.0243 e. The Kier molecular flexibility index (Phi) is 5.41. The maximum absolute atomic E-state index is 3.32. The van der Waals surface area contributed by atoms with Crippen LogP contribution < -0.4 is 5.32 Å². The third-order valence-corrected chi connectivity index (χ3v) is 4.19. The summed E-state index contributed by atoms with van der Waals surface area (Å²) in [5.74, 6) is 0. The predicted molar refractivity (Wildman–Crippen MR) is 88.6 cm³/mol. The summed E-state index contributed by atoms with van der Waals surface area (Å²) in [6, 6.07) is 16.1. The highest BCUT2D eigenvalue weighted by Gasteiger charge is 2.23. The summed E-state index contributed by atoms with van der Waals surface area (Å²) < 4.78 is 0. The number of nitrogens with zero attached hydrogens (tertiary/aromatic N) is 1. The third-order valence-electron chi connectivity index (χ3n) is 4.19. The zero-order valence-electron chi connectivity index (χ0n) is 12.0. The van der Waals surface area contributed by atoms with Crippen molar-refractivity contribution in [3.8, 4) is 0 Å². The fourth-order valence-electron chi connectivity index (χ4n) is 3.22. The fourth-order valence-corrected chi connectivity index (χ4v) is 3.22. The number of benzene rings is 2. The Morgan fingerprint density at radius 3 is 2.80 bits per heavy atom. The molecular weight excluding hydrogens is 268 g/mol. The second kappa shape index (κ2) is 7.07. The topological polar surface area (TPSA) is 15.3 Å². The molecule has 3 heteroatoms. The summed E-state index contributed by atoms with van der Waals surface area (Å²) in [5.41, 5.74) is 1.46. The first kappa shape index (κ1) is 15.3. The number of likely N-dealkylation sites (N-methyl/N-ethyl adjacent to an activating group) is 1. The van der Waals surface area contributed by atoms with Crippen LogP contribution in [-0.4, -0.2) is 31.1 Å². The lowest BCUT2D eigenvalue weighted by Gasteiger charge is -2.24. The van der Waals surface area contributed by atoms with E-state index in [0.29, 0.717) is 6.04 Å². The van der Waals surface area contributed by atoms with Gasteiger partial charge >= 0.3 is 0 Å². The number of nitrogens with one attached hydrogen (secondary N) is 1. The van der Waals surface area contributed by atoms with E-state index in [1.165, 1.54) is 35.7 Å². The van der Waals surface area contributed by atoms with Crippen LogP contribution >= 0.6 is 12.4 Å². The van der Waals surface area contributed by atoms with E-state index in [2.05, 4.69) is 59.7 Å². The van der Waals surface area contributed by atoms with E-state index in [-0.39, 0.29) is 12.4 Å². The number of fused-ring (bicyclic) bond motifs is 1. The molecule has 2 nitrogen and oxygen atoms in total. The van der Waals surface area contributed by atoms with Gasteiger partial charge in [-0.3, -0.25) is 4.90 Å². The van der Waals surface area contributed by atoms with Gasteiger partial charge in [-0.15, -0.1) is 12.4 Å². The number of hydrogen-bond acceptors (Lipinski definition) is 2. The summed E-state index contributed by atoms with van der Waals surface area (Å²) >= 11 is 0. The van der Waals surface area contributed by atoms with Crippen LogP contribution in [0.3, 0.4) is 0 Å². The minimum Gasteiger partial charge on any atom is -0.318 e. The zero-order valence-corrected chi connectivity index (χ0v) is 12.8. The molecule has 1 aliphatic heterocycles. The van der Waals surface area contributed by atoms with Crippen LogP contribution in [0.15, 0.2) is 42.5 Å². The van der Waals surface area contributed by atoms with E-state index < -0.39 is 0 Å². The molecule has 1 saturated heterocycles. The van der Waals surface area contributed by atoms with Crippen LogP contribution in [0.25, 0.3) is 10.8 Å². The minimum absolute atomic E-state index is 0. The van der Waals surface area contributed by atoms with Crippen LogP contribution in [0.1, 0.15) is 18.4 Å². The van der Waals surface area contributed by atoms with Crippen LogP contribution in [0.5, 0.6) is 0 Å². The van der Waals surface area contributed by atoms with Crippen molar-refractivity contribution >= 4 is 23.2 Å². The van der Waals surface area contributed by atoms with Crippen LogP contribution in [0, 0.1) is 0 Å². The molecule has 2 aromatic rings. The molecule has 3 rings (SSSR count). The standard InChI is InChI=1S/C17H22N2.ClH/c1-18-12-16-9-5-11-19(16)13-15-8-4-7-14-6-2-3-10-17(14)15;/h2-4,6-8,10,16,18H,5,9,11-13H2,1H3;1H. The van der Waals surface area contributed by atoms with Crippen LogP contribution in [-0.2, 0) is 6.54 Å². The van der Waals surface area contributed by atoms with Crippen molar-refractivity contribution < 1.29 is 0 Å². The van der Waals surface area contributed by atoms with E-state index in [1.54, 1.807) is 0 Å². The van der Waals surface area contributed by atoms with E-state index in [0.717, 1.165) is 13.1 Å². The van der Waals surface area contributed by atoms with Gasteiger partial charge in [0.05, 0.1) is 0 Å². The van der Waals surface area contributed by atoms with Gasteiger partial charge < -0.3 is 5.32 Å². The average Bonchev–Trinajstić information content (AvgIpc) is 2.87. The molecule has 20 heavy (non-hydrogen) atoms. The largest absolute Gasteiger partial charge is 0.318 e. The van der Waals surface area contributed by atoms with E-state index in [9.17, 15) is 0 Å². The molecule has 1 heterocycles. The van der Waals surface area contributed by atoms with Gasteiger partial charge in [-0.05, 0) is 42.8 Å². The molecular formula is C17H23ClN2. The van der Waals surface area contributed by atoms with Gasteiger partial charge in [0.15, 0.2) is 0 Å². The van der Waals surface area contributed by atoms with Gasteiger partial charge in [-0.2, -0.15) is 0 Å². The molecule has 0 saturated carbocycles. The Hall–Kier alpha value is -1.09. The molecule has 0 aliphatic carbocycles. The quantitative estimate of drug-likeness (QED) is 0.928. The van der Waals surface area contributed by atoms with Crippen molar-refractivity contribution in [2.75, 3.05) is 20.1 Å². The molecule has 0 bridgehead atoms. The first-order chi connectivity index (χ1) is 9.38. The maximum atomic E-state index is 3.32. The number of hydrogen-bond donors (Lipinski definition) is 1. The number of likely N-dealkylation sites (tertiary alicyclic amines) is 1. The first-order valence-corrected chi connectivity index (χ1v) is 7.24. The van der Waals surface area contributed by atoms with E-state index in [1.807, 2.05) is 0 Å². The molecule has 108 valence electrons. The van der Waals surface area contributed by atoms with Crippen LogP contribution in [0.4, 0.5) is 0 Å². The van der Waals surface area contributed by atoms with Crippen molar-refractivity contribution in [2.45, 2.75) is 25.4 Å². The van der Waals surface area contributed by atoms with Gasteiger partial charge in [0.1, 0.15) is 0 Å². The molecule has 0 radical (unpaired) electrons. The Bertz CT molecular complexity index is 550. The molecule has 1 aliphatic rings. The van der Waals surface area contributed by atoms with E-state index >= 15 is 0 Å². The molecule has 0 amide bonds. The molecule has 1 fully saturated rings. The summed E-state index contributed by atoms with van der Waals surface area (Å²) in [7, 11) is 2.05. The zero-order chi connectivity index (χ0) is 13.1. The highest BCUT2D eigenvalue weighted by molar-refractivity contribution is 5.85. The lowest BCUT2D eigenvalue weighted by Crippen LogP contribution is -2.36. The second-order valence-corrected chi connectivity index (χ2v) is 5.46. The molecule has 0 spiro atoms. The average molecular weight is 291 g/mol. The molecule has 2 aromatic carbocycles. The van der Waals surface area contributed by atoms with Gasteiger partial charge in [-0.25, -0.2) is 0 Å². The van der Waals surface area contributed by atoms with Crippen LogP contribution in [0.2, 0.25) is 0 Å². The SMILES string of the molecule is CNCC1CCCN1Cc1cccc2ccccc12.Cl. The molecule has 0 aromatic heterocycles. The highest BCUT2D eigenvalue weighted by Crippen LogP contribution is 2.24. The lowest BCUT2D eigenvalue weighted by molar-refractivity contribution is 0.243. The summed E-state index contributed by atoms with van der Waals surface area (Å²) in [6.45, 7) is 3.41. The summed E-state index contributed by atoms with van der Waals surface area (Å²) in [6.07, 6.45) is 2.66. The van der Waals surface area contributed by atoms with Gasteiger partial charge in [0, 0.05) is 19.1 Å². The van der Waals surface area contributed by atoms with Crippen molar-refractivity contribution in [1.29, 1.82) is 0 Å². The van der Waals surface area contributed by atoms with Gasteiger partial charge in [-0.1, -0.05) is 42.5 Å². The normalized spacial score (nSPS) is 19.1. The monoisotopic (exact) mass is 290 g/mol. The maximum Gasteiger partial charge on any atom is 0.0243 e. The first-order valence-electron chi connectivity index (χ1n) is 7.24. The lowest BCUT2D eigenvalue weighted by atomic mass is 10.0. The van der Waals surface area contributed by atoms with Crippen molar-refractivity contribution in [3.63, 3.8) is 0 Å². The van der Waals surface area contributed by atoms with Gasteiger partial charge in [0.2, 0.25) is 0 Å². The Morgan fingerprint density at radius 1 is 1.15 bits per heavy atom. The minimum atomic E-state index is 0. The Morgan fingerprint density at radius 2 is 1.95 bits per heavy atom. The fraction of sp³-hybridized carbons (Fsp3) is 0.412. The Balaban J connectivity index is 0.00000147. The number of rotatable bonds is 4. The summed E-state index contributed by atoms with van der Waals surface area (Å²) in [4.78, 5) is 2.62. The third kappa shape index (κ3) is 3.14. The highest BCUT2D eigenvalue weighted by atomic mass is 35.5. The van der Waals surface area contributed by atoms with Crippen molar-refractivity contribution in [2.24, 2.45) is 0 Å². The van der Waals surface area contributed by atoms with Crippen molar-refractivity contribution in [1.82, 2.24) is 10.2 Å². The molecule has 1 atom stereocenters. The van der Waals surface area contributed by atoms with Crippen molar-refractivity contribution in [3.05, 3.63) is 48.0 Å². The molecule has 1 unspecified atom stereocenters. The summed E-state index contributed by atoms with van der Waals surface area (Å²) in [5, 5.41) is 6.08. The van der Waals surface area contributed by atoms with E-state index in [4.69, 9.17) is 0 Å². The second-order valence-electron chi connectivity index (χ2n) is 5.46. The Labute approximate surface area is 127 Å². The number of halogens is 1.